The van der Waals surface area contributed by atoms with Crippen LogP contribution >= 0.6 is 0 Å². The first-order chi connectivity index (χ1) is 7.03. The van der Waals surface area contributed by atoms with Crippen LogP contribution < -0.4 is 4.72 Å². The summed E-state index contributed by atoms with van der Waals surface area (Å²) in [6.07, 6.45) is 6.66. The summed E-state index contributed by atoms with van der Waals surface area (Å²) in [5.74, 6) is 0.0217. The minimum Gasteiger partial charge on any atom is -0.381 e. The molecule has 4 nitrogen and oxygen atoms in total. The molecular weight excluding hydrogens is 214 g/mol. The van der Waals surface area contributed by atoms with Crippen molar-refractivity contribution >= 4 is 10.0 Å². The van der Waals surface area contributed by atoms with Crippen molar-refractivity contribution in [3.8, 4) is 0 Å². The van der Waals surface area contributed by atoms with Crippen LogP contribution in [-0.4, -0.2) is 33.4 Å². The zero-order valence-electron chi connectivity index (χ0n) is 9.27. The summed E-state index contributed by atoms with van der Waals surface area (Å²) in [6, 6.07) is -0.0344. The fraction of sp³-hybridized carbons (Fsp3) is 0.800. The molecule has 88 valence electrons. The van der Waals surface area contributed by atoms with Gasteiger partial charge in [-0.15, -0.1) is 0 Å². The van der Waals surface area contributed by atoms with Crippen LogP contribution in [0.1, 0.15) is 26.2 Å². The lowest BCUT2D eigenvalue weighted by Crippen LogP contribution is -2.38. The van der Waals surface area contributed by atoms with Crippen molar-refractivity contribution in [1.29, 1.82) is 0 Å². The molecule has 0 aromatic carbocycles. The first kappa shape index (κ1) is 12.7. The van der Waals surface area contributed by atoms with E-state index in [1.807, 2.05) is 12.2 Å². The van der Waals surface area contributed by atoms with Gasteiger partial charge in [0.15, 0.2) is 0 Å². The van der Waals surface area contributed by atoms with Crippen molar-refractivity contribution in [2.75, 3.05) is 12.9 Å². The summed E-state index contributed by atoms with van der Waals surface area (Å²) in [6.45, 7) is 1.75. The van der Waals surface area contributed by atoms with Gasteiger partial charge in [0, 0.05) is 13.2 Å². The number of hydrogen-bond acceptors (Lipinski definition) is 3. The molecule has 0 aromatic heterocycles. The predicted octanol–water partition coefficient (Wildman–Crippen LogP) is 1.05. The molecule has 0 aromatic rings. The van der Waals surface area contributed by atoms with E-state index in [9.17, 15) is 8.42 Å². The van der Waals surface area contributed by atoms with Gasteiger partial charge in [-0.05, 0) is 26.2 Å². The van der Waals surface area contributed by atoms with Gasteiger partial charge in [0.25, 0.3) is 0 Å². The average Bonchev–Trinajstić information content (AvgIpc) is 2.17. The fourth-order valence-corrected chi connectivity index (χ4v) is 3.07. The van der Waals surface area contributed by atoms with Crippen LogP contribution in [0.4, 0.5) is 0 Å². The van der Waals surface area contributed by atoms with Gasteiger partial charge in [0.2, 0.25) is 10.0 Å². The molecular formula is C10H19NO3S. The maximum absolute atomic E-state index is 11.6. The fourth-order valence-electron chi connectivity index (χ4n) is 1.57. The van der Waals surface area contributed by atoms with Gasteiger partial charge in [0.1, 0.15) is 0 Å². The van der Waals surface area contributed by atoms with E-state index in [2.05, 4.69) is 4.72 Å². The molecule has 5 heteroatoms. The lowest BCUT2D eigenvalue weighted by molar-refractivity contribution is 0.136. The molecule has 0 heterocycles. The Bertz CT molecular complexity index is 311. The summed E-state index contributed by atoms with van der Waals surface area (Å²) in [4.78, 5) is 0. The highest BCUT2D eigenvalue weighted by atomic mass is 32.2. The molecule has 0 spiro atoms. The maximum atomic E-state index is 11.6. The van der Waals surface area contributed by atoms with Crippen molar-refractivity contribution in [1.82, 2.24) is 4.72 Å². The summed E-state index contributed by atoms with van der Waals surface area (Å²) < 4.78 is 30.9. The number of allylic oxidation sites excluding steroid dienone is 1. The quantitative estimate of drug-likeness (QED) is 0.722. The van der Waals surface area contributed by atoms with E-state index < -0.39 is 10.0 Å². The molecule has 0 saturated carbocycles. The van der Waals surface area contributed by atoms with Gasteiger partial charge in [-0.1, -0.05) is 12.2 Å². The molecule has 0 unspecified atom stereocenters. The standard InChI is InChI=1S/C10H19NO3S/c1-9(14-2)8-15(12,13)11-10-6-4-3-5-7-10/h4,6,9-11H,3,5,7-8H2,1-2H3/t9-,10-/m0/s1. The van der Waals surface area contributed by atoms with E-state index in [0.29, 0.717) is 0 Å². The summed E-state index contributed by atoms with van der Waals surface area (Å²) in [5, 5.41) is 0. The molecule has 1 rings (SSSR count). The van der Waals surface area contributed by atoms with Gasteiger partial charge in [-0.3, -0.25) is 0 Å². The van der Waals surface area contributed by atoms with E-state index in [1.54, 1.807) is 6.92 Å². The highest BCUT2D eigenvalue weighted by Gasteiger charge is 2.19. The average molecular weight is 233 g/mol. The Morgan fingerprint density at radius 2 is 2.33 bits per heavy atom. The van der Waals surface area contributed by atoms with Crippen LogP contribution in [0.2, 0.25) is 0 Å². The molecule has 1 aliphatic carbocycles. The van der Waals surface area contributed by atoms with Crippen LogP contribution in [0.5, 0.6) is 0 Å². The summed E-state index contributed by atoms with van der Waals surface area (Å²) >= 11 is 0. The molecule has 0 bridgehead atoms. The lowest BCUT2D eigenvalue weighted by Gasteiger charge is -2.19. The molecule has 0 radical (unpaired) electrons. The van der Waals surface area contributed by atoms with Crippen molar-refractivity contribution in [2.24, 2.45) is 0 Å². The second-order valence-electron chi connectivity index (χ2n) is 3.91. The molecule has 0 amide bonds. The van der Waals surface area contributed by atoms with Gasteiger partial charge in [0.05, 0.1) is 11.9 Å². The number of ether oxygens (including phenoxy) is 1. The normalized spacial score (nSPS) is 24.0. The maximum Gasteiger partial charge on any atom is 0.214 e. The van der Waals surface area contributed by atoms with Crippen molar-refractivity contribution in [3.63, 3.8) is 0 Å². The molecule has 0 aliphatic heterocycles. The smallest absolute Gasteiger partial charge is 0.214 e. The van der Waals surface area contributed by atoms with E-state index in [-0.39, 0.29) is 17.9 Å². The molecule has 1 N–H and O–H groups in total. The molecule has 0 saturated heterocycles. The van der Waals surface area contributed by atoms with Crippen LogP contribution in [0.25, 0.3) is 0 Å². The lowest BCUT2D eigenvalue weighted by atomic mass is 10.0. The Morgan fingerprint density at radius 1 is 1.60 bits per heavy atom. The van der Waals surface area contributed by atoms with Gasteiger partial charge < -0.3 is 4.74 Å². The van der Waals surface area contributed by atoms with Gasteiger partial charge in [-0.25, -0.2) is 13.1 Å². The Labute approximate surface area is 91.8 Å². The van der Waals surface area contributed by atoms with Crippen molar-refractivity contribution in [2.45, 2.75) is 38.3 Å². The topological polar surface area (TPSA) is 55.4 Å². The number of hydrogen-bond donors (Lipinski definition) is 1. The predicted molar refractivity (Wildman–Crippen MR) is 60.2 cm³/mol. The highest BCUT2D eigenvalue weighted by Crippen LogP contribution is 2.11. The third-order valence-electron chi connectivity index (χ3n) is 2.44. The Kier molecular flexibility index (Phi) is 4.76. The SMILES string of the molecule is CO[C@@H](C)CS(=O)(=O)N[C@H]1C=CCCC1. The summed E-state index contributed by atoms with van der Waals surface area (Å²) in [7, 11) is -1.70. The van der Waals surface area contributed by atoms with Gasteiger partial charge >= 0.3 is 0 Å². The third kappa shape index (κ3) is 4.77. The van der Waals surface area contributed by atoms with Crippen LogP contribution in [0.15, 0.2) is 12.2 Å². The minimum absolute atomic E-state index is 0.0217. The van der Waals surface area contributed by atoms with Gasteiger partial charge in [-0.2, -0.15) is 0 Å². The molecule has 1 aliphatic rings. The van der Waals surface area contributed by atoms with Crippen molar-refractivity contribution < 1.29 is 13.2 Å². The molecule has 0 fully saturated rings. The first-order valence-electron chi connectivity index (χ1n) is 5.23. The minimum atomic E-state index is -3.22. The number of methoxy groups -OCH3 is 1. The van der Waals surface area contributed by atoms with Crippen LogP contribution in [0, 0.1) is 0 Å². The van der Waals surface area contributed by atoms with E-state index >= 15 is 0 Å². The number of nitrogens with one attached hydrogen (secondary N) is 1. The molecule has 2 atom stereocenters. The molecule has 15 heavy (non-hydrogen) atoms. The Balaban J connectivity index is 2.48. The van der Waals surface area contributed by atoms with E-state index in [4.69, 9.17) is 4.74 Å². The van der Waals surface area contributed by atoms with E-state index in [1.165, 1.54) is 7.11 Å². The Morgan fingerprint density at radius 3 is 2.87 bits per heavy atom. The van der Waals surface area contributed by atoms with Crippen LogP contribution in [0.3, 0.4) is 0 Å². The number of sulfonamides is 1. The third-order valence-corrected chi connectivity index (χ3v) is 4.01. The van der Waals surface area contributed by atoms with E-state index in [0.717, 1.165) is 19.3 Å². The highest BCUT2D eigenvalue weighted by molar-refractivity contribution is 7.89. The van der Waals surface area contributed by atoms with Crippen LogP contribution in [-0.2, 0) is 14.8 Å². The number of rotatable bonds is 5. The first-order valence-corrected chi connectivity index (χ1v) is 6.88. The zero-order chi connectivity index (χ0) is 11.3. The summed E-state index contributed by atoms with van der Waals surface area (Å²) in [5.41, 5.74) is 0. The zero-order valence-corrected chi connectivity index (χ0v) is 10.1. The second-order valence-corrected chi connectivity index (χ2v) is 5.71. The largest absolute Gasteiger partial charge is 0.381 e. The Hall–Kier alpha value is -0.390. The van der Waals surface area contributed by atoms with Crippen molar-refractivity contribution in [3.05, 3.63) is 12.2 Å². The monoisotopic (exact) mass is 233 g/mol. The second kappa shape index (κ2) is 5.63.